The van der Waals surface area contributed by atoms with Gasteiger partial charge in [-0.25, -0.2) is 8.42 Å². The number of hydrogen-bond donors (Lipinski definition) is 3. The highest BCUT2D eigenvalue weighted by molar-refractivity contribution is 7.85. The summed E-state index contributed by atoms with van der Waals surface area (Å²) in [7, 11) is 3.11. The van der Waals surface area contributed by atoms with E-state index in [0.717, 1.165) is 65.5 Å². The number of alkyl halides is 3. The molecule has 5 fully saturated rings. The van der Waals surface area contributed by atoms with Crippen molar-refractivity contribution in [3.05, 3.63) is 109 Å². The maximum Gasteiger partial charge on any atom is 0.426 e. The van der Waals surface area contributed by atoms with Gasteiger partial charge in [0.05, 0.1) is 65.7 Å². The van der Waals surface area contributed by atoms with Crippen LogP contribution in [0.25, 0.3) is 25.1 Å². The molecule has 0 radical (unpaired) electrons. The molecule has 10 rings (SSSR count). The van der Waals surface area contributed by atoms with E-state index in [1.807, 2.05) is 60.6 Å². The molecule has 5 saturated carbocycles. The number of phenols is 1. The van der Waals surface area contributed by atoms with Crippen LogP contribution in [0.2, 0.25) is 0 Å². The fourth-order valence-corrected chi connectivity index (χ4v) is 15.7. The van der Waals surface area contributed by atoms with Crippen molar-refractivity contribution in [2.75, 3.05) is 47.0 Å². The van der Waals surface area contributed by atoms with Crippen LogP contribution in [0.4, 0.5) is 13.2 Å². The number of hydrogen-bond acceptors (Lipinski definition) is 16. The van der Waals surface area contributed by atoms with Crippen molar-refractivity contribution in [3.63, 3.8) is 0 Å². The number of likely N-dealkylation sites (N-methyl/N-ethyl adjacent to an activating group) is 2. The minimum Gasteiger partial charge on any atom is -0.748 e. The summed E-state index contributed by atoms with van der Waals surface area (Å²) >= 11 is 0. The number of ether oxygens (including phenoxy) is 4. The van der Waals surface area contributed by atoms with E-state index in [-0.39, 0.29) is 68.6 Å². The van der Waals surface area contributed by atoms with Gasteiger partial charge in [-0.15, -0.1) is 0 Å². The first kappa shape index (κ1) is 88.6. The average molecular weight is 1460 g/mol. The highest BCUT2D eigenvalue weighted by Crippen LogP contribution is 2.64. The number of esters is 4. The molecular weight excluding hydrogens is 1340 g/mol. The predicted octanol–water partition coefficient (Wildman–Crippen LogP) is 11.6. The van der Waals surface area contributed by atoms with E-state index < -0.39 is 68.5 Å². The smallest absolute Gasteiger partial charge is 0.426 e. The zero-order chi connectivity index (χ0) is 76.9. The number of thiophene rings is 1. The molecule has 0 aliphatic heterocycles. The summed E-state index contributed by atoms with van der Waals surface area (Å²) < 4.78 is 97.2. The third-order valence-electron chi connectivity index (χ3n) is 19.6. The fraction of sp³-hybridized carbons (Fsp3) is 0.615. The van der Waals surface area contributed by atoms with Crippen LogP contribution < -0.4 is 20.0 Å². The zero-order valence-electron chi connectivity index (χ0n) is 63.2. The Morgan fingerprint density at radius 3 is 1.45 bits per heavy atom. The number of fused-ring (bicyclic) bond motifs is 3. The van der Waals surface area contributed by atoms with Crippen LogP contribution in [0.15, 0.2) is 103 Å². The number of rotatable bonds is 20. The topological polar surface area (TPSA) is 272 Å². The maximum atomic E-state index is 13.3. The summed E-state index contributed by atoms with van der Waals surface area (Å²) in [4.78, 5) is 71.3. The molecule has 101 heavy (non-hydrogen) atoms. The van der Waals surface area contributed by atoms with Crippen LogP contribution in [-0.4, -0.2) is 131 Å². The first-order valence-electron chi connectivity index (χ1n) is 35.1. The lowest BCUT2D eigenvalue weighted by Crippen LogP contribution is -3.11. The van der Waals surface area contributed by atoms with Crippen molar-refractivity contribution in [1.29, 1.82) is 0 Å². The molecule has 0 spiro atoms. The normalized spacial score (nSPS) is 19.3. The van der Waals surface area contributed by atoms with Crippen LogP contribution in [0, 0.1) is 33.5 Å². The largest absolute Gasteiger partial charge is 0.748 e. The number of halogens is 3. The quantitative estimate of drug-likeness (QED) is 0.0283. The highest BCUT2D eigenvalue weighted by Gasteiger charge is 2.64. The van der Waals surface area contributed by atoms with Crippen LogP contribution in [0.5, 0.6) is 5.75 Å². The predicted molar refractivity (Wildman–Crippen MR) is 385 cm³/mol. The molecule has 3 N–H and O–H groups in total. The van der Waals surface area contributed by atoms with Crippen LogP contribution in [0.1, 0.15) is 199 Å². The lowest BCUT2D eigenvalue weighted by molar-refractivity contribution is -0.885. The molecule has 18 nitrogen and oxygen atoms in total. The number of carbonyl (C=O) groups is 6. The SMILES string of the molecule is CC(=O)[O-].CC(=O)[O-].CCC(C)(C)C(=O)OC(C[NH+](C)C)C[NH+](C)C.CCC(C)(C)C(=O)OC1(C)CCCC1.CCC(C)(C)C(=O)OC12CC3CC(C1)CC(C(=O)OC(CS(=O)(=O)[O-])C(F)(F)F)(C3)C2.CCC(C)(C)c1cccc(O)c1.c1ccc(-[s+]2c3ccccc3c3ccccc32)cc1. The molecule has 566 valence electrons. The number of nitrogens with one attached hydrogen (secondary N) is 2. The Balaban J connectivity index is 0.000000332. The summed E-state index contributed by atoms with van der Waals surface area (Å²) in [5.41, 5.74) is -2.47. The van der Waals surface area contributed by atoms with Gasteiger partial charge in [0.15, 0.2) is 20.4 Å². The van der Waals surface area contributed by atoms with Gasteiger partial charge >= 0.3 is 30.1 Å². The molecule has 5 aromatic rings. The van der Waals surface area contributed by atoms with E-state index in [0.29, 0.717) is 37.9 Å². The number of carboxylic acids is 2. The summed E-state index contributed by atoms with van der Waals surface area (Å²) in [6.45, 7) is 29.4. The van der Waals surface area contributed by atoms with Gasteiger partial charge in [-0.1, -0.05) is 96.1 Å². The first-order valence-corrected chi connectivity index (χ1v) is 38.0. The van der Waals surface area contributed by atoms with E-state index in [2.05, 4.69) is 146 Å². The summed E-state index contributed by atoms with van der Waals surface area (Å²) in [5, 5.41) is 29.8. The van der Waals surface area contributed by atoms with Crippen molar-refractivity contribution in [2.24, 2.45) is 33.5 Å². The Hall–Kier alpha value is -6.66. The summed E-state index contributed by atoms with van der Waals surface area (Å²) in [6.07, 6.45) is 2.02. The van der Waals surface area contributed by atoms with E-state index in [1.54, 1.807) is 19.9 Å². The monoisotopic (exact) mass is 1460 g/mol. The molecule has 3 unspecified atom stereocenters. The third kappa shape index (κ3) is 27.8. The standard InChI is InChI=1S/C20H29F3O7S.C18H13S.C13H28N2O2.C12H22O2.C11H16O.2C2H4O2/c1-4-17(2,3)15(24)30-19-8-12-5-13(9-19)7-18(6-12,11-19)16(25)29-14(20(21,22)23)10-31(26,27)28;1-2-8-14(9-3-1)19-17-12-6-4-10-15(17)16-11-5-7-13-18(16)19;1-8-13(2,3)12(16)17-11(9-14(4)5)10-15(6)7;1-5-11(2,3)10(13)14-12(4)8-6-7-9-12;1-4-11(2,3)9-6-5-7-10(12)8-9;2*1-2(3)4/h12-14H,4-11H2,1-3H3,(H,26,27,28);1-13H;11H,8-10H2,1-7H3;5-9H2,1-4H3;5-8,12H,4H2,1-3H3;2*1H3,(H,3,4)/q;+1;;;;;/p-1. The molecule has 23 heteroatoms. The fourth-order valence-electron chi connectivity index (χ4n) is 12.7. The van der Waals surface area contributed by atoms with Gasteiger partial charge in [0.2, 0.25) is 6.10 Å². The van der Waals surface area contributed by atoms with Gasteiger partial charge in [0, 0.05) is 39.6 Å². The van der Waals surface area contributed by atoms with E-state index in [1.165, 1.54) is 53.3 Å². The van der Waals surface area contributed by atoms with Crippen LogP contribution >= 0.6 is 10.5 Å². The molecule has 3 atom stereocenters. The summed E-state index contributed by atoms with van der Waals surface area (Å²) in [6, 6.07) is 35.9. The molecule has 0 amide bonds. The van der Waals surface area contributed by atoms with E-state index in [9.17, 15) is 50.4 Å². The molecule has 5 aliphatic rings. The number of quaternary nitrogens is 2. The Kier molecular flexibility index (Phi) is 33.0. The van der Waals surface area contributed by atoms with Gasteiger partial charge in [-0.05, 0) is 217 Å². The number of carbonyl (C=O) groups excluding carboxylic acids is 6. The average Bonchev–Trinajstić information content (AvgIpc) is 1.41. The Labute approximate surface area is 601 Å². The molecule has 4 bridgehead atoms. The number of aromatic hydroxyl groups is 1. The zero-order valence-corrected chi connectivity index (χ0v) is 64.8. The second-order valence-electron chi connectivity index (χ2n) is 31.0. The van der Waals surface area contributed by atoms with Crippen molar-refractivity contribution in [1.82, 2.24) is 0 Å². The Morgan fingerprint density at radius 2 is 1.04 bits per heavy atom. The van der Waals surface area contributed by atoms with Crippen LogP contribution in [-0.2, 0) is 63.2 Å². The number of aliphatic carboxylic acids is 2. The maximum absolute atomic E-state index is 13.3. The van der Waals surface area contributed by atoms with Crippen molar-refractivity contribution in [3.8, 4) is 10.6 Å². The second-order valence-corrected chi connectivity index (χ2v) is 34.4. The van der Waals surface area contributed by atoms with E-state index >= 15 is 0 Å². The second kappa shape index (κ2) is 37.7. The molecule has 1 heterocycles. The molecule has 4 aromatic carbocycles. The minimum atomic E-state index is -5.27. The van der Waals surface area contributed by atoms with Gasteiger partial charge in [-0.3, -0.25) is 19.2 Å². The van der Waals surface area contributed by atoms with Gasteiger partial charge in [-0.2, -0.15) is 13.2 Å². The van der Waals surface area contributed by atoms with Gasteiger partial charge in [0.25, 0.3) is 0 Å². The lowest BCUT2D eigenvalue weighted by atomic mass is 9.48. The lowest BCUT2D eigenvalue weighted by Gasteiger charge is -2.60. The molecule has 1 aromatic heterocycles. The number of phenolic OH excluding ortho intramolecular Hbond substituents is 1. The Bertz CT molecular complexity index is 3520. The minimum absolute atomic E-state index is 0.00100. The molecule has 0 saturated heterocycles. The number of carboxylic acid groups (broad SMARTS) is 2. The van der Waals surface area contributed by atoms with Crippen molar-refractivity contribution >= 4 is 76.6 Å². The van der Waals surface area contributed by atoms with E-state index in [4.69, 9.17) is 34.0 Å². The van der Waals surface area contributed by atoms with Gasteiger partial charge < -0.3 is 58.2 Å². The van der Waals surface area contributed by atoms with Gasteiger partial charge in [0.1, 0.15) is 30.0 Å². The highest BCUT2D eigenvalue weighted by atomic mass is 32.2. The van der Waals surface area contributed by atoms with Crippen molar-refractivity contribution in [2.45, 2.75) is 229 Å². The molecule has 5 aliphatic carbocycles. The van der Waals surface area contributed by atoms with Crippen molar-refractivity contribution < 1.29 is 99.0 Å². The van der Waals surface area contributed by atoms with Crippen LogP contribution in [0.3, 0.4) is 0 Å². The Morgan fingerprint density at radius 1 is 0.614 bits per heavy atom. The first-order chi connectivity index (χ1) is 46.5. The third-order valence-corrected chi connectivity index (χ3v) is 22.6. The number of benzene rings is 4. The molecular formula is C78H115F3N2O16S2. The summed E-state index contributed by atoms with van der Waals surface area (Å²) in [5.74, 6) is -5.37.